The molecule has 0 bridgehead atoms. The van der Waals surface area contributed by atoms with E-state index < -0.39 is 0 Å². The largest absolute Gasteiger partial charge is 1.00 e. The minimum atomic E-state index is 0. The van der Waals surface area contributed by atoms with Gasteiger partial charge in [0.15, 0.2) is 0 Å². The van der Waals surface area contributed by atoms with E-state index in [9.17, 15) is 0 Å². The molecule has 0 aromatic carbocycles. The van der Waals surface area contributed by atoms with Crippen LogP contribution in [0.1, 0.15) is 65.2 Å². The molecule has 1 heterocycles. The lowest BCUT2D eigenvalue weighted by Gasteiger charge is -2.10. The van der Waals surface area contributed by atoms with Gasteiger partial charge in [0.1, 0.15) is 5.70 Å². The summed E-state index contributed by atoms with van der Waals surface area (Å²) in [5.74, 6) is 0. The van der Waals surface area contributed by atoms with Gasteiger partial charge < -0.3 is 12.4 Å². The Bertz CT molecular complexity index is 233. The Kier molecular flexibility index (Phi) is 10.7. The van der Waals surface area contributed by atoms with E-state index in [2.05, 4.69) is 32.2 Å². The van der Waals surface area contributed by atoms with Gasteiger partial charge in [-0.15, -0.1) is 0 Å². The third-order valence-electron chi connectivity index (χ3n) is 3.45. The first-order valence-electron chi connectivity index (χ1n) is 7.05. The maximum absolute atomic E-state index is 2.28. The van der Waals surface area contributed by atoms with Crippen molar-refractivity contribution in [1.82, 2.24) is 0 Å². The maximum atomic E-state index is 2.28. The number of halogens is 1. The Hall–Kier alpha value is -0.270. The Morgan fingerprint density at radius 1 is 0.941 bits per heavy atom. The van der Waals surface area contributed by atoms with Crippen LogP contribution in [0.3, 0.4) is 0 Å². The summed E-state index contributed by atoms with van der Waals surface area (Å²) < 4.78 is 0. The molecule has 2 heteroatoms. The van der Waals surface area contributed by atoms with Gasteiger partial charge in [0.25, 0.3) is 0 Å². The van der Waals surface area contributed by atoms with E-state index in [1.807, 2.05) is 0 Å². The Morgan fingerprint density at radius 2 is 1.53 bits per heavy atom. The normalized spacial score (nSPS) is 18.0. The molecule has 1 aliphatic heterocycles. The van der Waals surface area contributed by atoms with Crippen LogP contribution in [0.5, 0.6) is 0 Å². The topological polar surface area (TPSA) is 4.44 Å². The fraction of sp³-hybridized carbons (Fsp3) is 0.733. The highest BCUT2D eigenvalue weighted by Crippen LogP contribution is 2.07. The molecule has 1 aliphatic rings. The highest BCUT2D eigenvalue weighted by atomic mass is 35.5. The van der Waals surface area contributed by atoms with Gasteiger partial charge in [-0.2, -0.15) is 0 Å². The molecule has 1 nitrogen and oxygen atoms in total. The van der Waals surface area contributed by atoms with Crippen LogP contribution in [0, 0.1) is 0 Å². The van der Waals surface area contributed by atoms with Crippen molar-refractivity contribution in [3.63, 3.8) is 0 Å². The summed E-state index contributed by atoms with van der Waals surface area (Å²) in [6, 6.07) is 0. The minimum Gasteiger partial charge on any atom is -1.00 e. The van der Waals surface area contributed by atoms with Gasteiger partial charge in [-0.25, -0.2) is 0 Å². The number of allylic oxidation sites excluding steroid dienone is 3. The van der Waals surface area contributed by atoms with E-state index in [4.69, 9.17) is 0 Å². The van der Waals surface area contributed by atoms with Crippen molar-refractivity contribution in [2.75, 3.05) is 6.54 Å². The third-order valence-corrected chi connectivity index (χ3v) is 3.45. The average Bonchev–Trinajstić information content (AvgIpc) is 2.68. The predicted octanol–water partition coefficient (Wildman–Crippen LogP) is 0.447. The van der Waals surface area contributed by atoms with Crippen molar-refractivity contribution >= 4 is 0 Å². The minimum absolute atomic E-state index is 0. The smallest absolute Gasteiger partial charge is 0.109 e. The number of rotatable bonds is 9. The molecular weight excluding hydrogens is 230 g/mol. The van der Waals surface area contributed by atoms with E-state index in [0.717, 1.165) is 0 Å². The molecule has 0 saturated carbocycles. The van der Waals surface area contributed by atoms with Crippen LogP contribution in [0.25, 0.3) is 0 Å². The van der Waals surface area contributed by atoms with Crippen LogP contribution in [0.4, 0.5) is 0 Å². The van der Waals surface area contributed by atoms with Crippen LogP contribution in [-0.2, 0) is 0 Å². The van der Waals surface area contributed by atoms with Gasteiger partial charge in [0.2, 0.25) is 0 Å². The molecule has 0 saturated heterocycles. The van der Waals surface area contributed by atoms with Gasteiger partial charge in [-0.05, 0) is 25.0 Å². The molecule has 0 amide bonds. The number of nitrogens with one attached hydrogen (secondary N) is 1. The highest BCUT2D eigenvalue weighted by molar-refractivity contribution is 5.08. The Morgan fingerprint density at radius 3 is 2.06 bits per heavy atom. The first-order chi connectivity index (χ1) is 7.84. The molecule has 0 aromatic heterocycles. The summed E-state index contributed by atoms with van der Waals surface area (Å²) >= 11 is 0. The van der Waals surface area contributed by atoms with E-state index in [-0.39, 0.29) is 12.4 Å². The second-order valence-corrected chi connectivity index (χ2v) is 4.96. The quantitative estimate of drug-likeness (QED) is 0.572. The lowest BCUT2D eigenvalue weighted by atomic mass is 10.1. The summed E-state index contributed by atoms with van der Waals surface area (Å²) in [4.78, 5) is 1.56. The van der Waals surface area contributed by atoms with E-state index in [1.54, 1.807) is 4.90 Å². The zero-order chi connectivity index (χ0) is 11.6. The van der Waals surface area contributed by atoms with Crippen molar-refractivity contribution in [3.05, 3.63) is 24.0 Å². The van der Waals surface area contributed by atoms with E-state index in [1.165, 1.54) is 63.6 Å². The first-order valence-corrected chi connectivity index (χ1v) is 7.05. The van der Waals surface area contributed by atoms with Gasteiger partial charge in [-0.1, -0.05) is 45.4 Å². The van der Waals surface area contributed by atoms with Crippen LogP contribution in [0.15, 0.2) is 24.0 Å². The summed E-state index contributed by atoms with van der Waals surface area (Å²) in [5.41, 5.74) is 1.47. The Labute approximate surface area is 113 Å². The lowest BCUT2D eigenvalue weighted by molar-refractivity contribution is -0.802. The molecule has 0 aromatic rings. The maximum Gasteiger partial charge on any atom is 0.109 e. The van der Waals surface area contributed by atoms with Gasteiger partial charge in [-0.3, -0.25) is 4.90 Å². The molecule has 17 heavy (non-hydrogen) atoms. The Balaban J connectivity index is 0.00000256. The fourth-order valence-electron chi connectivity index (χ4n) is 2.28. The standard InChI is InChI=1S/C15H27N.ClH/c1-3-4-5-6-7-8-9-10-13-16-14-11-12-15(16)2;/h11-12,14H,3-10,13H2,1-2H3;1H. The molecule has 0 aliphatic carbocycles. The second kappa shape index (κ2) is 10.9. The monoisotopic (exact) mass is 257 g/mol. The summed E-state index contributed by atoms with van der Waals surface area (Å²) in [6.07, 6.45) is 18.0. The van der Waals surface area contributed by atoms with Gasteiger partial charge >= 0.3 is 0 Å². The molecular formula is C15H28ClN. The lowest BCUT2D eigenvalue weighted by Crippen LogP contribution is -3.04. The zero-order valence-electron chi connectivity index (χ0n) is 11.5. The molecule has 1 N–H and O–H groups in total. The molecule has 1 unspecified atom stereocenters. The van der Waals surface area contributed by atoms with Crippen molar-refractivity contribution in [2.45, 2.75) is 65.2 Å². The van der Waals surface area contributed by atoms with Crippen molar-refractivity contribution in [3.8, 4) is 0 Å². The summed E-state index contributed by atoms with van der Waals surface area (Å²) in [7, 11) is 0. The molecule has 1 atom stereocenters. The van der Waals surface area contributed by atoms with Gasteiger partial charge in [0, 0.05) is 6.92 Å². The molecule has 100 valence electrons. The van der Waals surface area contributed by atoms with Gasteiger partial charge in [0.05, 0.1) is 12.7 Å². The van der Waals surface area contributed by atoms with E-state index >= 15 is 0 Å². The SMILES string of the molecule is CCCCCCCCCC[NH+]1C=CC=C1C.[Cl-]. The van der Waals surface area contributed by atoms with Crippen LogP contribution in [-0.4, -0.2) is 6.54 Å². The summed E-state index contributed by atoms with van der Waals surface area (Å²) in [6.45, 7) is 5.79. The van der Waals surface area contributed by atoms with Crippen LogP contribution < -0.4 is 17.3 Å². The second-order valence-electron chi connectivity index (χ2n) is 4.96. The number of quaternary nitrogens is 1. The van der Waals surface area contributed by atoms with Crippen molar-refractivity contribution in [1.29, 1.82) is 0 Å². The predicted molar refractivity (Wildman–Crippen MR) is 71.3 cm³/mol. The number of hydrogen-bond donors (Lipinski definition) is 1. The van der Waals surface area contributed by atoms with Crippen LogP contribution in [0.2, 0.25) is 0 Å². The summed E-state index contributed by atoms with van der Waals surface area (Å²) in [5, 5.41) is 0. The average molecular weight is 258 g/mol. The van der Waals surface area contributed by atoms with Crippen molar-refractivity contribution < 1.29 is 17.3 Å². The first kappa shape index (κ1) is 16.7. The molecule has 0 radical (unpaired) electrons. The number of hydrogen-bond acceptors (Lipinski definition) is 0. The van der Waals surface area contributed by atoms with E-state index in [0.29, 0.717) is 0 Å². The van der Waals surface area contributed by atoms with Crippen LogP contribution >= 0.6 is 0 Å². The molecule has 1 rings (SSSR count). The molecule has 0 fully saturated rings. The van der Waals surface area contributed by atoms with Crippen molar-refractivity contribution in [2.24, 2.45) is 0 Å². The number of unbranched alkanes of at least 4 members (excludes halogenated alkanes) is 7. The fourth-order valence-corrected chi connectivity index (χ4v) is 2.28. The molecule has 0 spiro atoms. The third kappa shape index (κ3) is 7.62. The zero-order valence-corrected chi connectivity index (χ0v) is 12.2. The highest BCUT2D eigenvalue weighted by Gasteiger charge is 2.10.